The number of nitrogens with two attached hydrogens (primary N) is 1. The van der Waals surface area contributed by atoms with Crippen molar-refractivity contribution < 1.29 is 0 Å². The van der Waals surface area contributed by atoms with Crippen LogP contribution in [-0.2, 0) is 6.42 Å². The van der Waals surface area contributed by atoms with E-state index in [0.29, 0.717) is 0 Å². The van der Waals surface area contributed by atoms with Crippen LogP contribution in [-0.4, -0.2) is 0 Å². The topological polar surface area (TPSA) is 26.0 Å². The first-order chi connectivity index (χ1) is 19.2. The second-order valence-electron chi connectivity index (χ2n) is 9.01. The zero-order chi connectivity index (χ0) is 27.1. The van der Waals surface area contributed by atoms with E-state index in [1.165, 1.54) is 33.4 Å². The summed E-state index contributed by atoms with van der Waals surface area (Å²) in [5.41, 5.74) is 14.1. The van der Waals surface area contributed by atoms with E-state index in [1.54, 1.807) is 0 Å². The predicted octanol–water partition coefficient (Wildman–Crippen LogP) is 10.3. The summed E-state index contributed by atoms with van der Waals surface area (Å²) in [7, 11) is 0. The lowest BCUT2D eigenvalue weighted by Crippen LogP contribution is -1.87. The lowest BCUT2D eigenvalue weighted by Gasteiger charge is -2.05. The van der Waals surface area contributed by atoms with Gasteiger partial charge in [-0.2, -0.15) is 0 Å². The Labute approximate surface area is 240 Å². The molecule has 0 fully saturated rings. The molecule has 0 saturated heterocycles. The number of rotatable bonds is 4. The Hall–Kier alpha value is -4.40. The summed E-state index contributed by atoms with van der Waals surface area (Å²) >= 11 is 3.31. The molecule has 2 heteroatoms. The monoisotopic (exact) mass is 569 g/mol. The van der Waals surface area contributed by atoms with Gasteiger partial charge in [0.2, 0.25) is 0 Å². The number of halogens is 1. The number of hydrogen-bond donors (Lipinski definition) is 1. The molecule has 192 valence electrons. The molecule has 6 aromatic rings. The Balaban J connectivity index is 0.000000152. The fourth-order valence-corrected chi connectivity index (χ4v) is 4.30. The first-order valence-corrected chi connectivity index (χ1v) is 13.8. The highest BCUT2D eigenvalue weighted by molar-refractivity contribution is 9.10. The Kier molecular flexibility index (Phi) is 10.7. The van der Waals surface area contributed by atoms with Crippen molar-refractivity contribution in [1.82, 2.24) is 0 Å². The molecule has 0 bridgehead atoms. The van der Waals surface area contributed by atoms with Crippen molar-refractivity contribution in [3.63, 3.8) is 0 Å². The van der Waals surface area contributed by atoms with E-state index in [0.717, 1.165) is 16.6 Å². The number of nitrogen functional groups attached to an aromatic ring is 1. The van der Waals surface area contributed by atoms with E-state index in [-0.39, 0.29) is 0 Å². The summed E-state index contributed by atoms with van der Waals surface area (Å²) in [4.78, 5) is 0. The van der Waals surface area contributed by atoms with Gasteiger partial charge in [-0.15, -0.1) is 0 Å². The molecule has 0 spiro atoms. The minimum absolute atomic E-state index is 0.805. The Morgan fingerprint density at radius 1 is 0.359 bits per heavy atom. The zero-order valence-corrected chi connectivity index (χ0v) is 23.4. The van der Waals surface area contributed by atoms with Gasteiger partial charge in [-0.3, -0.25) is 0 Å². The van der Waals surface area contributed by atoms with Gasteiger partial charge < -0.3 is 5.73 Å². The maximum absolute atomic E-state index is 5.60. The molecule has 1 nitrogen and oxygen atoms in total. The van der Waals surface area contributed by atoms with Gasteiger partial charge in [0, 0.05) is 10.2 Å². The highest BCUT2D eigenvalue weighted by atomic mass is 79.9. The first kappa shape index (κ1) is 27.6. The van der Waals surface area contributed by atoms with Gasteiger partial charge in [-0.1, -0.05) is 162 Å². The fraction of sp³-hybridized carbons (Fsp3) is 0.0270. The highest BCUT2D eigenvalue weighted by Gasteiger charge is 1.99. The van der Waals surface area contributed by atoms with E-state index in [4.69, 9.17) is 5.73 Å². The van der Waals surface area contributed by atoms with Gasteiger partial charge in [0.25, 0.3) is 0 Å². The lowest BCUT2D eigenvalue weighted by atomic mass is 10.0. The molecule has 0 atom stereocenters. The van der Waals surface area contributed by atoms with Crippen molar-refractivity contribution in [2.45, 2.75) is 6.42 Å². The van der Waals surface area contributed by atoms with Crippen LogP contribution >= 0.6 is 15.9 Å². The molecule has 0 amide bonds. The Morgan fingerprint density at radius 3 is 1.10 bits per heavy atom. The fourth-order valence-electron chi connectivity index (χ4n) is 4.00. The standard InChI is InChI=1S/C19H16.C12H11N.C6H5Br/c1-3-7-16(8-4-1)15-17-11-13-19(14-12-17)18-9-5-2-6-10-18;13-12-8-6-11(7-9-12)10-4-2-1-3-5-10;7-6-4-2-1-3-5-6/h1-14H,15H2;1-9H,13H2;1-5H. The molecule has 0 heterocycles. The molecule has 0 radical (unpaired) electrons. The molecule has 0 saturated carbocycles. The van der Waals surface area contributed by atoms with Crippen LogP contribution in [0.5, 0.6) is 0 Å². The van der Waals surface area contributed by atoms with Crippen LogP contribution in [0.25, 0.3) is 22.3 Å². The zero-order valence-electron chi connectivity index (χ0n) is 21.8. The van der Waals surface area contributed by atoms with Crippen LogP contribution in [0, 0.1) is 0 Å². The van der Waals surface area contributed by atoms with Crippen LogP contribution in [0.1, 0.15) is 11.1 Å². The van der Waals surface area contributed by atoms with Gasteiger partial charge in [0.05, 0.1) is 0 Å². The van der Waals surface area contributed by atoms with Gasteiger partial charge in [0.15, 0.2) is 0 Å². The maximum atomic E-state index is 5.60. The van der Waals surface area contributed by atoms with Crippen LogP contribution in [0.15, 0.2) is 174 Å². The summed E-state index contributed by atoms with van der Waals surface area (Å²) in [6.07, 6.45) is 0.996. The summed E-state index contributed by atoms with van der Waals surface area (Å²) in [6.45, 7) is 0. The number of hydrogen-bond acceptors (Lipinski definition) is 1. The molecule has 0 aliphatic carbocycles. The summed E-state index contributed by atoms with van der Waals surface area (Å²) in [5.74, 6) is 0. The van der Waals surface area contributed by atoms with Crippen LogP contribution in [0.2, 0.25) is 0 Å². The SMILES string of the molecule is Brc1ccccc1.Nc1ccc(-c2ccccc2)cc1.c1ccc(Cc2ccc(-c3ccccc3)cc2)cc1. The average Bonchev–Trinajstić information content (AvgIpc) is 3.00. The molecule has 0 aliphatic rings. The van der Waals surface area contributed by atoms with Crippen molar-refractivity contribution >= 4 is 21.6 Å². The Morgan fingerprint density at radius 2 is 0.692 bits per heavy atom. The van der Waals surface area contributed by atoms with E-state index < -0.39 is 0 Å². The van der Waals surface area contributed by atoms with E-state index in [1.807, 2.05) is 78.9 Å². The van der Waals surface area contributed by atoms with E-state index >= 15 is 0 Å². The molecular formula is C37H32BrN. The van der Waals surface area contributed by atoms with Crippen molar-refractivity contribution in [3.8, 4) is 22.3 Å². The van der Waals surface area contributed by atoms with Crippen molar-refractivity contribution in [2.75, 3.05) is 5.73 Å². The molecule has 0 aromatic heterocycles. The number of anilines is 1. The van der Waals surface area contributed by atoms with Gasteiger partial charge in [0.1, 0.15) is 0 Å². The summed E-state index contributed by atoms with van der Waals surface area (Å²) in [6, 6.07) is 58.0. The molecule has 6 rings (SSSR count). The van der Waals surface area contributed by atoms with E-state index in [2.05, 4.69) is 107 Å². The lowest BCUT2D eigenvalue weighted by molar-refractivity contribution is 1.19. The quantitative estimate of drug-likeness (QED) is 0.210. The van der Waals surface area contributed by atoms with E-state index in [9.17, 15) is 0 Å². The summed E-state index contributed by atoms with van der Waals surface area (Å²) < 4.78 is 1.13. The molecule has 2 N–H and O–H groups in total. The second kappa shape index (κ2) is 15.1. The molecule has 39 heavy (non-hydrogen) atoms. The maximum Gasteiger partial charge on any atom is 0.0314 e. The normalized spacial score (nSPS) is 9.87. The van der Waals surface area contributed by atoms with Crippen LogP contribution in [0.4, 0.5) is 5.69 Å². The third-order valence-electron chi connectivity index (χ3n) is 6.06. The Bertz CT molecular complexity index is 1480. The average molecular weight is 571 g/mol. The van der Waals surface area contributed by atoms with Crippen molar-refractivity contribution in [1.29, 1.82) is 0 Å². The van der Waals surface area contributed by atoms with Crippen LogP contribution in [0.3, 0.4) is 0 Å². The van der Waals surface area contributed by atoms with Crippen molar-refractivity contribution in [2.24, 2.45) is 0 Å². The molecule has 0 unspecified atom stereocenters. The van der Waals surface area contributed by atoms with Crippen molar-refractivity contribution in [3.05, 3.63) is 185 Å². The smallest absolute Gasteiger partial charge is 0.0314 e. The van der Waals surface area contributed by atoms with Gasteiger partial charge in [-0.05, 0) is 64.1 Å². The third kappa shape index (κ3) is 9.45. The first-order valence-electron chi connectivity index (χ1n) is 13.0. The second-order valence-corrected chi connectivity index (χ2v) is 9.92. The molecule has 6 aromatic carbocycles. The number of benzene rings is 6. The largest absolute Gasteiger partial charge is 0.399 e. The molecular weight excluding hydrogens is 538 g/mol. The summed E-state index contributed by atoms with van der Waals surface area (Å²) in [5, 5.41) is 0. The predicted molar refractivity (Wildman–Crippen MR) is 172 cm³/mol. The van der Waals surface area contributed by atoms with Gasteiger partial charge >= 0.3 is 0 Å². The van der Waals surface area contributed by atoms with Crippen LogP contribution < -0.4 is 5.73 Å². The molecule has 0 aliphatic heterocycles. The third-order valence-corrected chi connectivity index (χ3v) is 6.59. The highest BCUT2D eigenvalue weighted by Crippen LogP contribution is 2.21. The minimum atomic E-state index is 0.805. The minimum Gasteiger partial charge on any atom is -0.399 e. The van der Waals surface area contributed by atoms with Gasteiger partial charge in [-0.25, -0.2) is 0 Å².